The van der Waals surface area contributed by atoms with E-state index in [0.717, 1.165) is 16.7 Å². The summed E-state index contributed by atoms with van der Waals surface area (Å²) in [5, 5.41) is 15.7. The van der Waals surface area contributed by atoms with E-state index in [1.54, 1.807) is 0 Å². The predicted octanol–water partition coefficient (Wildman–Crippen LogP) is 4.29. The summed E-state index contributed by atoms with van der Waals surface area (Å²) >= 11 is 0. The zero-order valence-electron chi connectivity index (χ0n) is 16.1. The molecule has 158 valence electrons. The van der Waals surface area contributed by atoms with Gasteiger partial charge in [0.05, 0.1) is 6.10 Å². The minimum absolute atomic E-state index is 0.0173. The van der Waals surface area contributed by atoms with E-state index in [1.807, 2.05) is 7.11 Å². The summed E-state index contributed by atoms with van der Waals surface area (Å²) < 4.78 is 46.7. The topological polar surface area (TPSA) is 97.1 Å². The quantitative estimate of drug-likeness (QED) is 0.520. The maximum atomic E-state index is 12.2. The maximum Gasteiger partial charge on any atom is 0.573 e. The Balaban J connectivity index is 0.000000313. The molecule has 0 bridgehead atoms. The molecule has 0 atom stereocenters. The van der Waals surface area contributed by atoms with Crippen LogP contribution in [-0.2, 0) is 4.74 Å². The van der Waals surface area contributed by atoms with Gasteiger partial charge < -0.3 is 15.2 Å². The monoisotopic (exact) mass is 410 g/mol. The number of methoxy groups -OCH3 is 1. The molecule has 1 fully saturated rings. The van der Waals surface area contributed by atoms with Gasteiger partial charge in [-0.3, -0.25) is 15.4 Å². The van der Waals surface area contributed by atoms with Crippen LogP contribution < -0.4 is 16.0 Å². The number of nitrogen functional groups attached to an aromatic ring is 1. The van der Waals surface area contributed by atoms with Crippen molar-refractivity contribution in [1.82, 2.24) is 4.57 Å². The van der Waals surface area contributed by atoms with Crippen LogP contribution in [0.5, 0.6) is 5.75 Å². The molecule has 4 N–H and O–H groups in total. The molecule has 0 unspecified atom stereocenters. The molecule has 0 aliphatic heterocycles. The number of nitrogens with zero attached hydrogens (tertiary/aromatic N) is 1. The number of aromatic nitrogens is 1. The highest BCUT2D eigenvalue weighted by molar-refractivity contribution is 5.98. The van der Waals surface area contributed by atoms with Crippen molar-refractivity contribution in [2.75, 3.05) is 12.8 Å². The summed E-state index contributed by atoms with van der Waals surface area (Å²) in [7, 11) is 1.82. The van der Waals surface area contributed by atoms with Gasteiger partial charge in [0.15, 0.2) is 0 Å². The molecule has 0 saturated heterocycles. The van der Waals surface area contributed by atoms with Crippen LogP contribution in [0.2, 0.25) is 0 Å². The molecule has 29 heavy (non-hydrogen) atoms. The molecule has 0 spiro atoms. The molecule has 6 nitrogen and oxygen atoms in total. The van der Waals surface area contributed by atoms with Crippen molar-refractivity contribution in [3.8, 4) is 5.75 Å². The summed E-state index contributed by atoms with van der Waals surface area (Å²) in [5.41, 5.74) is 6.06. The number of hydrogen-bond acceptors (Lipinski definition) is 5. The molecular weight excluding hydrogens is 385 g/mol. The Labute approximate surface area is 167 Å². The van der Waals surface area contributed by atoms with Crippen LogP contribution >= 0.6 is 0 Å². The van der Waals surface area contributed by atoms with E-state index in [9.17, 15) is 13.2 Å². The number of benzene rings is 1. The normalized spacial score (nSPS) is 14.6. The van der Waals surface area contributed by atoms with E-state index in [2.05, 4.69) is 4.74 Å². The number of nitrogens with two attached hydrogens (primary N) is 1. The highest BCUT2D eigenvalue weighted by Gasteiger charge is 2.31. The van der Waals surface area contributed by atoms with Gasteiger partial charge in [0.1, 0.15) is 17.1 Å². The third-order valence-corrected chi connectivity index (χ3v) is 4.44. The predicted molar refractivity (Wildman–Crippen MR) is 104 cm³/mol. The van der Waals surface area contributed by atoms with Gasteiger partial charge in [0.25, 0.3) is 0 Å². The minimum Gasteiger partial charge on any atom is -0.406 e. The molecule has 9 heteroatoms. The number of halogens is 3. The first-order valence-corrected chi connectivity index (χ1v) is 9.20. The van der Waals surface area contributed by atoms with Gasteiger partial charge >= 0.3 is 6.36 Å². The Morgan fingerprint density at radius 3 is 2.41 bits per heavy atom. The lowest BCUT2D eigenvalue weighted by Crippen LogP contribution is -2.26. The zero-order chi connectivity index (χ0) is 21.4. The first-order chi connectivity index (χ1) is 13.7. The number of alkyl halides is 3. The summed E-state index contributed by atoms with van der Waals surface area (Å²) in [5.74, 6) is -0.610. The number of ether oxygens (including phenoxy) is 2. The standard InChI is InChI=1S/C13H11F3N4O.C7H14O/c14-13(15,16)21-10-3-1-2-8(6-10)12(19)20-7-9(17)4-5-11(20)18;1-8-7-5-3-2-4-6-7/h1-7,18-19H,17H2;7H,2-6H2,1H3. The molecule has 1 aliphatic rings. The van der Waals surface area contributed by atoms with E-state index in [-0.39, 0.29) is 16.9 Å². The summed E-state index contributed by atoms with van der Waals surface area (Å²) in [6.45, 7) is 0. The van der Waals surface area contributed by atoms with E-state index in [0.29, 0.717) is 11.8 Å². The second-order valence-corrected chi connectivity index (χ2v) is 6.64. The Hall–Kier alpha value is -2.81. The van der Waals surface area contributed by atoms with Gasteiger partial charge in [-0.2, -0.15) is 0 Å². The Morgan fingerprint density at radius 2 is 1.83 bits per heavy atom. The lowest BCUT2D eigenvalue weighted by molar-refractivity contribution is -0.274. The summed E-state index contributed by atoms with van der Waals surface area (Å²) in [6.07, 6.45) is 3.88. The SMILES string of the molecule is COC1CCCCC1.N=C(c1cccc(OC(F)(F)F)c1)n1cc(N)ccc1=N. The lowest BCUT2D eigenvalue weighted by Gasteiger charge is -2.19. The Kier molecular flexibility index (Phi) is 7.83. The molecular formula is C20H25F3N4O2. The van der Waals surface area contributed by atoms with Crippen LogP contribution in [0.25, 0.3) is 0 Å². The van der Waals surface area contributed by atoms with Gasteiger partial charge in [-0.15, -0.1) is 13.2 Å². The van der Waals surface area contributed by atoms with E-state index in [4.69, 9.17) is 21.3 Å². The number of pyridine rings is 1. The van der Waals surface area contributed by atoms with Gasteiger partial charge in [-0.05, 0) is 37.1 Å². The van der Waals surface area contributed by atoms with Crippen molar-refractivity contribution in [1.29, 1.82) is 10.8 Å². The van der Waals surface area contributed by atoms with Gasteiger partial charge in [0, 0.05) is 24.6 Å². The molecule has 2 aromatic rings. The van der Waals surface area contributed by atoms with E-state index >= 15 is 0 Å². The molecule has 1 aliphatic carbocycles. The van der Waals surface area contributed by atoms with Crippen LogP contribution in [0.3, 0.4) is 0 Å². The fraction of sp³-hybridized carbons (Fsp3) is 0.400. The van der Waals surface area contributed by atoms with Crippen molar-refractivity contribution in [2.45, 2.75) is 44.6 Å². The fourth-order valence-corrected chi connectivity index (χ4v) is 2.98. The number of rotatable bonds is 3. The summed E-state index contributed by atoms with van der Waals surface area (Å²) in [6, 6.07) is 7.87. The molecule has 1 aromatic carbocycles. The average molecular weight is 410 g/mol. The van der Waals surface area contributed by atoms with Crippen LogP contribution in [0, 0.1) is 10.8 Å². The molecule has 3 rings (SSSR count). The van der Waals surface area contributed by atoms with Crippen LogP contribution in [0.15, 0.2) is 42.6 Å². The lowest BCUT2D eigenvalue weighted by atomic mass is 9.98. The van der Waals surface area contributed by atoms with Gasteiger partial charge in [-0.25, -0.2) is 0 Å². The van der Waals surface area contributed by atoms with Crippen molar-refractivity contribution < 1.29 is 22.6 Å². The molecule has 0 amide bonds. The van der Waals surface area contributed by atoms with Crippen LogP contribution in [0.4, 0.5) is 18.9 Å². The van der Waals surface area contributed by atoms with Crippen LogP contribution in [0.1, 0.15) is 37.7 Å². The second-order valence-electron chi connectivity index (χ2n) is 6.64. The molecule has 0 radical (unpaired) electrons. The smallest absolute Gasteiger partial charge is 0.406 e. The Morgan fingerprint density at radius 1 is 1.14 bits per heavy atom. The second kappa shape index (κ2) is 10.1. The third-order valence-electron chi connectivity index (χ3n) is 4.44. The maximum absolute atomic E-state index is 12.2. The van der Waals surface area contributed by atoms with Gasteiger partial charge in [0.2, 0.25) is 0 Å². The number of anilines is 1. The fourth-order valence-electron chi connectivity index (χ4n) is 2.98. The largest absolute Gasteiger partial charge is 0.573 e. The van der Waals surface area contributed by atoms with Crippen molar-refractivity contribution >= 4 is 11.5 Å². The molecule has 1 saturated carbocycles. The highest BCUT2D eigenvalue weighted by Crippen LogP contribution is 2.23. The van der Waals surface area contributed by atoms with Crippen molar-refractivity contribution in [3.63, 3.8) is 0 Å². The molecule has 1 aromatic heterocycles. The van der Waals surface area contributed by atoms with Crippen LogP contribution in [-0.4, -0.2) is 30.0 Å². The van der Waals surface area contributed by atoms with E-state index < -0.39 is 12.1 Å². The van der Waals surface area contributed by atoms with E-state index in [1.165, 1.54) is 62.6 Å². The van der Waals surface area contributed by atoms with Gasteiger partial charge in [-0.1, -0.05) is 31.4 Å². The Bertz CT molecular complexity index is 875. The number of nitrogens with one attached hydrogen (secondary N) is 2. The van der Waals surface area contributed by atoms with Crippen molar-refractivity contribution in [3.05, 3.63) is 53.6 Å². The van der Waals surface area contributed by atoms with Crippen molar-refractivity contribution in [2.24, 2.45) is 0 Å². The molecule has 1 heterocycles. The average Bonchev–Trinajstić information content (AvgIpc) is 2.69. The number of hydrogen-bond donors (Lipinski definition) is 3. The highest BCUT2D eigenvalue weighted by atomic mass is 19.4. The first-order valence-electron chi connectivity index (χ1n) is 9.20. The summed E-state index contributed by atoms with van der Waals surface area (Å²) in [4.78, 5) is 0. The zero-order valence-corrected chi connectivity index (χ0v) is 16.1. The third kappa shape index (κ3) is 7.26. The first kappa shape index (κ1) is 22.5. The minimum atomic E-state index is -4.80.